The van der Waals surface area contributed by atoms with E-state index in [1.54, 1.807) is 12.4 Å². The third-order valence-electron chi connectivity index (χ3n) is 2.60. The molecular formula is C15H17BrN2O. The summed E-state index contributed by atoms with van der Waals surface area (Å²) in [7, 11) is 0. The van der Waals surface area contributed by atoms with Gasteiger partial charge in [-0.05, 0) is 29.8 Å². The SMILES string of the molecule is CC(C)NCc1ccc(Oc2cccnc2)cc1Br. The molecule has 2 aromatic rings. The number of nitrogens with zero attached hydrogens (tertiary/aromatic N) is 1. The van der Waals surface area contributed by atoms with Gasteiger partial charge in [-0.15, -0.1) is 0 Å². The lowest BCUT2D eigenvalue weighted by atomic mass is 10.2. The predicted molar refractivity (Wildman–Crippen MR) is 80.4 cm³/mol. The molecule has 0 saturated heterocycles. The largest absolute Gasteiger partial charge is 0.456 e. The molecule has 1 heterocycles. The van der Waals surface area contributed by atoms with Crippen LogP contribution in [0.3, 0.4) is 0 Å². The Morgan fingerprint density at radius 1 is 1.26 bits per heavy atom. The zero-order valence-electron chi connectivity index (χ0n) is 11.1. The van der Waals surface area contributed by atoms with Gasteiger partial charge in [-0.25, -0.2) is 0 Å². The maximum atomic E-state index is 5.73. The Bertz CT molecular complexity index is 529. The van der Waals surface area contributed by atoms with E-state index < -0.39 is 0 Å². The van der Waals surface area contributed by atoms with E-state index in [1.807, 2.05) is 24.3 Å². The van der Waals surface area contributed by atoms with E-state index in [9.17, 15) is 0 Å². The minimum Gasteiger partial charge on any atom is -0.456 e. The summed E-state index contributed by atoms with van der Waals surface area (Å²) in [5.74, 6) is 1.54. The molecule has 0 atom stereocenters. The second-order valence-electron chi connectivity index (χ2n) is 4.58. The standard InChI is InChI=1S/C15H17BrN2O/c1-11(2)18-9-12-5-6-13(8-15(12)16)19-14-4-3-7-17-10-14/h3-8,10-11,18H,9H2,1-2H3. The first kappa shape index (κ1) is 14.0. The van der Waals surface area contributed by atoms with E-state index >= 15 is 0 Å². The normalized spacial score (nSPS) is 10.7. The van der Waals surface area contributed by atoms with Crippen molar-refractivity contribution in [2.45, 2.75) is 26.4 Å². The number of ether oxygens (including phenoxy) is 1. The molecule has 0 amide bonds. The van der Waals surface area contributed by atoms with Crippen molar-refractivity contribution in [3.63, 3.8) is 0 Å². The molecule has 1 aromatic heterocycles. The van der Waals surface area contributed by atoms with Gasteiger partial charge in [0.15, 0.2) is 0 Å². The van der Waals surface area contributed by atoms with E-state index in [-0.39, 0.29) is 0 Å². The molecule has 4 heteroatoms. The first-order chi connectivity index (χ1) is 9.15. The van der Waals surface area contributed by atoms with Crippen LogP contribution in [0.4, 0.5) is 0 Å². The number of benzene rings is 1. The smallest absolute Gasteiger partial charge is 0.145 e. The van der Waals surface area contributed by atoms with Crippen LogP contribution >= 0.6 is 15.9 Å². The molecule has 0 aliphatic heterocycles. The van der Waals surface area contributed by atoms with Crippen LogP contribution in [-0.2, 0) is 6.54 Å². The van der Waals surface area contributed by atoms with Crippen molar-refractivity contribution in [2.24, 2.45) is 0 Å². The van der Waals surface area contributed by atoms with Crippen LogP contribution in [0, 0.1) is 0 Å². The van der Waals surface area contributed by atoms with Crippen molar-refractivity contribution >= 4 is 15.9 Å². The Balaban J connectivity index is 2.06. The van der Waals surface area contributed by atoms with Gasteiger partial charge in [-0.2, -0.15) is 0 Å². The second-order valence-corrected chi connectivity index (χ2v) is 5.43. The van der Waals surface area contributed by atoms with Gasteiger partial charge in [0.05, 0.1) is 6.20 Å². The highest BCUT2D eigenvalue weighted by molar-refractivity contribution is 9.10. The first-order valence-corrected chi connectivity index (χ1v) is 7.04. The Morgan fingerprint density at radius 3 is 2.74 bits per heavy atom. The lowest BCUT2D eigenvalue weighted by Gasteiger charge is -2.11. The van der Waals surface area contributed by atoms with Crippen molar-refractivity contribution in [1.82, 2.24) is 10.3 Å². The number of aromatic nitrogens is 1. The van der Waals surface area contributed by atoms with Crippen molar-refractivity contribution in [2.75, 3.05) is 0 Å². The van der Waals surface area contributed by atoms with Crippen LogP contribution in [0.1, 0.15) is 19.4 Å². The number of pyridine rings is 1. The van der Waals surface area contributed by atoms with Gasteiger partial charge in [0, 0.05) is 23.3 Å². The molecule has 100 valence electrons. The molecular weight excluding hydrogens is 304 g/mol. The number of halogens is 1. The zero-order chi connectivity index (χ0) is 13.7. The first-order valence-electron chi connectivity index (χ1n) is 6.25. The number of hydrogen-bond acceptors (Lipinski definition) is 3. The van der Waals surface area contributed by atoms with E-state index in [0.717, 1.165) is 22.5 Å². The van der Waals surface area contributed by atoms with Crippen LogP contribution in [0.2, 0.25) is 0 Å². The Labute approximate surface area is 122 Å². The topological polar surface area (TPSA) is 34.1 Å². The molecule has 0 saturated carbocycles. The quantitative estimate of drug-likeness (QED) is 0.899. The van der Waals surface area contributed by atoms with Crippen molar-refractivity contribution in [1.29, 1.82) is 0 Å². The average molecular weight is 321 g/mol. The summed E-state index contributed by atoms with van der Waals surface area (Å²) < 4.78 is 6.77. The second kappa shape index (κ2) is 6.68. The monoisotopic (exact) mass is 320 g/mol. The minimum absolute atomic E-state index is 0.471. The van der Waals surface area contributed by atoms with E-state index in [0.29, 0.717) is 6.04 Å². The maximum Gasteiger partial charge on any atom is 0.145 e. The van der Waals surface area contributed by atoms with Crippen LogP contribution in [0.25, 0.3) is 0 Å². The summed E-state index contributed by atoms with van der Waals surface area (Å²) >= 11 is 3.57. The fraction of sp³-hybridized carbons (Fsp3) is 0.267. The van der Waals surface area contributed by atoms with Crippen LogP contribution in [0.15, 0.2) is 47.2 Å². The summed E-state index contributed by atoms with van der Waals surface area (Å²) in [4.78, 5) is 4.02. The highest BCUT2D eigenvalue weighted by atomic mass is 79.9. The number of nitrogens with one attached hydrogen (secondary N) is 1. The molecule has 1 aromatic carbocycles. The molecule has 3 nitrogen and oxygen atoms in total. The summed E-state index contributed by atoms with van der Waals surface area (Å²) in [6, 6.07) is 10.2. The molecule has 0 fully saturated rings. The van der Waals surface area contributed by atoms with Gasteiger partial charge in [-0.1, -0.05) is 35.8 Å². The van der Waals surface area contributed by atoms with Gasteiger partial charge in [-0.3, -0.25) is 4.98 Å². The predicted octanol–water partition coefficient (Wildman–Crippen LogP) is 4.13. The molecule has 0 bridgehead atoms. The van der Waals surface area contributed by atoms with Gasteiger partial charge in [0.1, 0.15) is 11.5 Å². The van der Waals surface area contributed by atoms with Gasteiger partial charge in [0.25, 0.3) is 0 Å². The summed E-state index contributed by atoms with van der Waals surface area (Å²) in [6.45, 7) is 5.10. The summed E-state index contributed by atoms with van der Waals surface area (Å²) in [5.41, 5.74) is 1.22. The van der Waals surface area contributed by atoms with Crippen LogP contribution < -0.4 is 10.1 Å². The Morgan fingerprint density at radius 2 is 2.11 bits per heavy atom. The van der Waals surface area contributed by atoms with Gasteiger partial charge in [0.2, 0.25) is 0 Å². The lowest BCUT2D eigenvalue weighted by Crippen LogP contribution is -2.21. The zero-order valence-corrected chi connectivity index (χ0v) is 12.6. The number of rotatable bonds is 5. The minimum atomic E-state index is 0.471. The van der Waals surface area contributed by atoms with Gasteiger partial charge < -0.3 is 10.1 Å². The fourth-order valence-electron chi connectivity index (χ4n) is 1.59. The molecule has 2 rings (SSSR count). The fourth-order valence-corrected chi connectivity index (χ4v) is 2.09. The maximum absolute atomic E-state index is 5.73. The molecule has 0 aliphatic rings. The molecule has 0 spiro atoms. The van der Waals surface area contributed by atoms with Crippen LogP contribution in [-0.4, -0.2) is 11.0 Å². The molecule has 1 N–H and O–H groups in total. The molecule has 19 heavy (non-hydrogen) atoms. The summed E-state index contributed by atoms with van der Waals surface area (Å²) in [6.07, 6.45) is 3.42. The van der Waals surface area contributed by atoms with Crippen LogP contribution in [0.5, 0.6) is 11.5 Å². The molecule has 0 aliphatic carbocycles. The lowest BCUT2D eigenvalue weighted by molar-refractivity contribution is 0.479. The van der Waals surface area contributed by atoms with E-state index in [1.165, 1.54) is 5.56 Å². The van der Waals surface area contributed by atoms with E-state index in [4.69, 9.17) is 4.74 Å². The van der Waals surface area contributed by atoms with Crippen molar-refractivity contribution in [3.05, 3.63) is 52.8 Å². The molecule has 0 radical (unpaired) electrons. The average Bonchev–Trinajstić information content (AvgIpc) is 2.39. The highest BCUT2D eigenvalue weighted by Crippen LogP contribution is 2.26. The number of hydrogen-bond donors (Lipinski definition) is 1. The van der Waals surface area contributed by atoms with Gasteiger partial charge >= 0.3 is 0 Å². The van der Waals surface area contributed by atoms with Crippen molar-refractivity contribution in [3.8, 4) is 11.5 Å². The highest BCUT2D eigenvalue weighted by Gasteiger charge is 2.04. The third-order valence-corrected chi connectivity index (χ3v) is 3.33. The van der Waals surface area contributed by atoms with Crippen molar-refractivity contribution < 1.29 is 4.74 Å². The Hall–Kier alpha value is -1.39. The Kier molecular flexibility index (Phi) is 4.93. The summed E-state index contributed by atoms with van der Waals surface area (Å²) in [5, 5.41) is 3.39. The van der Waals surface area contributed by atoms with E-state index in [2.05, 4.69) is 46.1 Å². The third kappa shape index (κ3) is 4.33. The molecule has 0 unspecified atom stereocenters.